The quantitative estimate of drug-likeness (QED) is 0.906. The second kappa shape index (κ2) is 7.33. The molecule has 2 amide bonds. The van der Waals surface area contributed by atoms with E-state index in [-0.39, 0.29) is 11.6 Å². The van der Waals surface area contributed by atoms with Crippen molar-refractivity contribution in [3.8, 4) is 5.75 Å². The van der Waals surface area contributed by atoms with Crippen molar-refractivity contribution in [2.24, 2.45) is 0 Å². The predicted molar refractivity (Wildman–Crippen MR) is 83.8 cm³/mol. The van der Waals surface area contributed by atoms with Gasteiger partial charge in [0.05, 0.1) is 7.11 Å². The van der Waals surface area contributed by atoms with Crippen LogP contribution in [0.2, 0.25) is 0 Å². The van der Waals surface area contributed by atoms with Gasteiger partial charge in [-0.25, -0.2) is 4.79 Å². The van der Waals surface area contributed by atoms with E-state index in [4.69, 9.17) is 4.74 Å². The van der Waals surface area contributed by atoms with Crippen molar-refractivity contribution in [1.82, 2.24) is 10.2 Å². The van der Waals surface area contributed by atoms with E-state index < -0.39 is 18.2 Å². The fraction of sp³-hybridized carbons (Fsp3) is 0.533. The van der Waals surface area contributed by atoms with Gasteiger partial charge in [-0.3, -0.25) is 0 Å². The predicted octanol–water partition coefficient (Wildman–Crippen LogP) is 3.45. The minimum absolute atomic E-state index is 0.0234. The van der Waals surface area contributed by atoms with Gasteiger partial charge in [-0.05, 0) is 29.9 Å². The summed E-state index contributed by atoms with van der Waals surface area (Å²) >= 11 is 1.70. The van der Waals surface area contributed by atoms with Crippen molar-refractivity contribution < 1.29 is 22.7 Å². The number of urea groups is 1. The van der Waals surface area contributed by atoms with E-state index in [1.807, 2.05) is 0 Å². The normalized spacial score (nSPS) is 19.3. The summed E-state index contributed by atoms with van der Waals surface area (Å²) in [5.74, 6) is 2.13. The molecule has 0 unspecified atom stereocenters. The van der Waals surface area contributed by atoms with Crippen molar-refractivity contribution in [3.05, 3.63) is 29.8 Å². The highest BCUT2D eigenvalue weighted by atomic mass is 32.2. The van der Waals surface area contributed by atoms with Crippen LogP contribution in [-0.4, -0.2) is 48.8 Å². The van der Waals surface area contributed by atoms with Crippen molar-refractivity contribution in [3.63, 3.8) is 0 Å². The number of thioether (sulfide) groups is 1. The van der Waals surface area contributed by atoms with Crippen LogP contribution >= 0.6 is 11.8 Å². The number of nitrogens with zero attached hydrogens (tertiary/aromatic N) is 1. The lowest BCUT2D eigenvalue weighted by atomic mass is 10.1. The number of halogens is 3. The summed E-state index contributed by atoms with van der Waals surface area (Å²) in [7, 11) is 2.97. The van der Waals surface area contributed by atoms with Gasteiger partial charge in [0.2, 0.25) is 0 Å². The average Bonchev–Trinajstić information content (AvgIpc) is 3.05. The Morgan fingerprint density at radius 3 is 2.52 bits per heavy atom. The van der Waals surface area contributed by atoms with Crippen molar-refractivity contribution >= 4 is 17.8 Å². The standard InChI is InChI=1S/C15H19F3N2O2S/c1-20(11-7-8-23-9-11)14(21)19-13(15(16,17)18)10-3-5-12(22-2)6-4-10/h3-6,11,13H,7-9H2,1-2H3,(H,19,21)/t11-,13-/m0/s1. The first kappa shape index (κ1) is 17.8. The first-order chi connectivity index (χ1) is 10.8. The van der Waals surface area contributed by atoms with E-state index in [1.54, 1.807) is 11.8 Å². The number of alkyl halides is 3. The molecule has 2 rings (SSSR count). The van der Waals surface area contributed by atoms with E-state index in [2.05, 4.69) is 5.32 Å². The molecule has 0 spiro atoms. The highest BCUT2D eigenvalue weighted by molar-refractivity contribution is 7.99. The van der Waals surface area contributed by atoms with Crippen molar-refractivity contribution in [1.29, 1.82) is 0 Å². The van der Waals surface area contributed by atoms with Crippen LogP contribution in [0.25, 0.3) is 0 Å². The van der Waals surface area contributed by atoms with Crippen LogP contribution in [-0.2, 0) is 0 Å². The number of hydrogen-bond acceptors (Lipinski definition) is 3. The SMILES string of the molecule is COc1ccc([C@H](NC(=O)N(C)[C@H]2CCSC2)C(F)(F)F)cc1. The highest BCUT2D eigenvalue weighted by Crippen LogP contribution is 2.33. The number of methoxy groups -OCH3 is 1. The van der Waals surface area contributed by atoms with Crippen LogP contribution in [0, 0.1) is 0 Å². The highest BCUT2D eigenvalue weighted by Gasteiger charge is 2.42. The van der Waals surface area contributed by atoms with Gasteiger partial charge in [0.1, 0.15) is 5.75 Å². The van der Waals surface area contributed by atoms with Gasteiger partial charge < -0.3 is 15.0 Å². The fourth-order valence-electron chi connectivity index (χ4n) is 2.37. The molecule has 128 valence electrons. The number of benzene rings is 1. The van der Waals surface area contributed by atoms with E-state index in [1.165, 1.54) is 43.3 Å². The number of amides is 2. The second-order valence-electron chi connectivity index (χ2n) is 5.33. The Balaban J connectivity index is 2.13. The minimum Gasteiger partial charge on any atom is -0.497 e. The fourth-order valence-corrected chi connectivity index (χ4v) is 3.64. The lowest BCUT2D eigenvalue weighted by Crippen LogP contribution is -2.48. The van der Waals surface area contributed by atoms with Gasteiger partial charge in [-0.15, -0.1) is 0 Å². The van der Waals surface area contributed by atoms with Crippen LogP contribution in [0.3, 0.4) is 0 Å². The van der Waals surface area contributed by atoms with Crippen LogP contribution in [0.4, 0.5) is 18.0 Å². The molecule has 2 atom stereocenters. The third-order valence-corrected chi connectivity index (χ3v) is 4.96. The van der Waals surface area contributed by atoms with E-state index in [0.29, 0.717) is 5.75 Å². The molecule has 0 radical (unpaired) electrons. The maximum Gasteiger partial charge on any atom is 0.412 e. The molecule has 0 aromatic heterocycles. The zero-order valence-electron chi connectivity index (χ0n) is 12.9. The van der Waals surface area contributed by atoms with E-state index in [0.717, 1.165) is 17.9 Å². The number of carbonyl (C=O) groups excluding carboxylic acids is 1. The summed E-state index contributed by atoms with van der Waals surface area (Å²) < 4.78 is 44.9. The molecule has 0 saturated carbocycles. The monoisotopic (exact) mass is 348 g/mol. The molecule has 1 aromatic carbocycles. The summed E-state index contributed by atoms with van der Waals surface area (Å²) in [5.41, 5.74) is -0.0270. The Labute approximate surface area is 137 Å². The maximum atomic E-state index is 13.3. The zero-order chi connectivity index (χ0) is 17.0. The lowest BCUT2D eigenvalue weighted by Gasteiger charge is -2.28. The summed E-state index contributed by atoms with van der Waals surface area (Å²) in [6.07, 6.45) is -3.77. The van der Waals surface area contributed by atoms with Crippen molar-refractivity contribution in [2.75, 3.05) is 25.7 Å². The average molecular weight is 348 g/mol. The summed E-state index contributed by atoms with van der Waals surface area (Å²) in [6, 6.07) is 2.72. The van der Waals surface area contributed by atoms with Crippen LogP contribution in [0.15, 0.2) is 24.3 Å². The third kappa shape index (κ3) is 4.46. The van der Waals surface area contributed by atoms with Gasteiger partial charge in [0, 0.05) is 18.8 Å². The number of ether oxygens (including phenoxy) is 1. The number of nitrogens with one attached hydrogen (secondary N) is 1. The summed E-state index contributed by atoms with van der Waals surface area (Å²) in [4.78, 5) is 13.5. The molecule has 1 aromatic rings. The second-order valence-corrected chi connectivity index (χ2v) is 6.48. The van der Waals surface area contributed by atoms with Crippen LogP contribution in [0.5, 0.6) is 5.75 Å². The Kier molecular flexibility index (Phi) is 5.67. The molecule has 23 heavy (non-hydrogen) atoms. The molecule has 0 aliphatic carbocycles. The first-order valence-electron chi connectivity index (χ1n) is 7.14. The van der Waals surface area contributed by atoms with Crippen molar-refractivity contribution in [2.45, 2.75) is 24.7 Å². The van der Waals surface area contributed by atoms with Gasteiger partial charge in [-0.2, -0.15) is 24.9 Å². The third-order valence-electron chi connectivity index (χ3n) is 3.82. The molecule has 4 nitrogen and oxygen atoms in total. The largest absolute Gasteiger partial charge is 0.497 e. The van der Waals surface area contributed by atoms with Crippen LogP contribution < -0.4 is 10.1 Å². The zero-order valence-corrected chi connectivity index (χ0v) is 13.7. The number of carbonyl (C=O) groups is 1. The van der Waals surface area contributed by atoms with Gasteiger partial charge in [0.25, 0.3) is 0 Å². The molecule has 1 aliphatic heterocycles. The Hall–Kier alpha value is -1.57. The molecule has 8 heteroatoms. The van der Waals surface area contributed by atoms with E-state index in [9.17, 15) is 18.0 Å². The van der Waals surface area contributed by atoms with Gasteiger partial charge in [0.15, 0.2) is 6.04 Å². The van der Waals surface area contributed by atoms with Crippen LogP contribution in [0.1, 0.15) is 18.0 Å². The topological polar surface area (TPSA) is 41.6 Å². The summed E-state index contributed by atoms with van der Waals surface area (Å²) in [5, 5.41) is 2.10. The molecular weight excluding hydrogens is 329 g/mol. The smallest absolute Gasteiger partial charge is 0.412 e. The molecule has 1 aliphatic rings. The molecule has 0 bridgehead atoms. The van der Waals surface area contributed by atoms with Gasteiger partial charge >= 0.3 is 12.2 Å². The van der Waals surface area contributed by atoms with Gasteiger partial charge in [-0.1, -0.05) is 12.1 Å². The Morgan fingerprint density at radius 2 is 2.04 bits per heavy atom. The van der Waals surface area contributed by atoms with E-state index >= 15 is 0 Å². The molecule has 1 fully saturated rings. The maximum absolute atomic E-state index is 13.3. The Bertz CT molecular complexity index is 531. The number of rotatable bonds is 4. The summed E-state index contributed by atoms with van der Waals surface area (Å²) in [6.45, 7) is 0. The molecule has 1 heterocycles. The lowest BCUT2D eigenvalue weighted by molar-refractivity contribution is -0.155. The minimum atomic E-state index is -4.57. The first-order valence-corrected chi connectivity index (χ1v) is 8.30. The number of hydrogen-bond donors (Lipinski definition) is 1. The molecule has 1 saturated heterocycles. The molecule has 1 N–H and O–H groups in total. The molecular formula is C15H19F3N2O2S. The Morgan fingerprint density at radius 1 is 1.39 bits per heavy atom.